The normalized spacial score (nSPS) is 13.2. The lowest BCUT2D eigenvalue weighted by Crippen LogP contribution is -2.48. The van der Waals surface area contributed by atoms with Gasteiger partial charge in [0.1, 0.15) is 18.2 Å². The van der Waals surface area contributed by atoms with Crippen molar-refractivity contribution in [1.29, 1.82) is 0 Å². The summed E-state index contributed by atoms with van der Waals surface area (Å²) in [6.45, 7) is 2.86. The van der Waals surface area contributed by atoms with E-state index in [0.29, 0.717) is 5.56 Å². The lowest BCUT2D eigenvalue weighted by Gasteiger charge is -2.30. The number of ether oxygens (including phenoxy) is 2. The lowest BCUT2D eigenvalue weighted by atomic mass is 9.79. The van der Waals surface area contributed by atoms with Crippen LogP contribution in [0, 0.1) is 16.0 Å². The Labute approximate surface area is 211 Å². The van der Waals surface area contributed by atoms with Crippen LogP contribution in [-0.2, 0) is 35.9 Å². The van der Waals surface area contributed by atoms with Crippen LogP contribution in [0.25, 0.3) is 0 Å². The number of hydrogen-bond acceptors (Lipinski definition) is 9. The first-order chi connectivity index (χ1) is 17.5. The Kier molecular flexibility index (Phi) is 10.0. The van der Waals surface area contributed by atoms with E-state index in [0.717, 1.165) is 12.3 Å². The molecule has 1 amide bonds. The number of alkyl carbamates (subject to hydrolysis) is 1. The van der Waals surface area contributed by atoms with Crippen molar-refractivity contribution in [3.05, 3.63) is 70.0 Å². The molecule has 0 aliphatic rings. The molecule has 37 heavy (non-hydrogen) atoms. The first-order valence-electron chi connectivity index (χ1n) is 11.2. The molecule has 0 radical (unpaired) electrons. The van der Waals surface area contributed by atoms with E-state index in [1.54, 1.807) is 37.3 Å². The molecule has 13 heteroatoms. The maximum atomic E-state index is 12.9. The molecule has 0 bridgehead atoms. The number of hydrogen-bond donors (Lipinski definition) is 3. The summed E-state index contributed by atoms with van der Waals surface area (Å²) in [7, 11) is 0. The van der Waals surface area contributed by atoms with Crippen LogP contribution in [0.2, 0.25) is 0 Å². The van der Waals surface area contributed by atoms with E-state index < -0.39 is 46.3 Å². The van der Waals surface area contributed by atoms with Crippen molar-refractivity contribution in [2.75, 3.05) is 6.61 Å². The number of nitrogens with one attached hydrogen (secondary N) is 1. The smallest absolute Gasteiger partial charge is 0.407 e. The fourth-order valence-electron chi connectivity index (χ4n) is 3.58. The number of benzene rings is 1. The number of carboxylic acid groups (broad SMARTS) is 2. The number of aromatic nitrogens is 1. The van der Waals surface area contributed by atoms with Gasteiger partial charge in [-0.25, -0.2) is 4.79 Å². The molecule has 2 rings (SSSR count). The quantitative estimate of drug-likeness (QED) is 0.153. The third kappa shape index (κ3) is 7.72. The number of nitrogens with zero attached hydrogens (tertiary/aromatic N) is 2. The highest BCUT2D eigenvalue weighted by atomic mass is 16.6. The van der Waals surface area contributed by atoms with E-state index in [1.165, 1.54) is 13.0 Å². The fraction of sp³-hybridized carbons (Fsp3) is 0.375. The van der Waals surface area contributed by atoms with Crippen molar-refractivity contribution in [1.82, 2.24) is 10.3 Å². The van der Waals surface area contributed by atoms with E-state index in [-0.39, 0.29) is 37.4 Å². The van der Waals surface area contributed by atoms with Gasteiger partial charge >= 0.3 is 24.0 Å². The highest BCUT2D eigenvalue weighted by molar-refractivity contribution is 5.94. The van der Waals surface area contributed by atoms with Crippen LogP contribution >= 0.6 is 0 Å². The Hall–Kier alpha value is -4.55. The van der Waals surface area contributed by atoms with E-state index in [2.05, 4.69) is 10.3 Å². The summed E-state index contributed by atoms with van der Waals surface area (Å²) in [6.07, 6.45) is -0.608. The van der Waals surface area contributed by atoms with Gasteiger partial charge in [-0.2, -0.15) is 0 Å². The summed E-state index contributed by atoms with van der Waals surface area (Å²) in [5, 5.41) is 32.3. The van der Waals surface area contributed by atoms with Gasteiger partial charge in [-0.05, 0) is 38.3 Å². The molecule has 3 N–H and O–H groups in total. The summed E-state index contributed by atoms with van der Waals surface area (Å²) in [5.41, 5.74) is -1.11. The Morgan fingerprint density at radius 1 is 1.08 bits per heavy atom. The van der Waals surface area contributed by atoms with Crippen LogP contribution in [0.3, 0.4) is 0 Å². The van der Waals surface area contributed by atoms with Gasteiger partial charge in [0.25, 0.3) is 5.69 Å². The number of aliphatic carboxylic acids is 2. The van der Waals surface area contributed by atoms with E-state index in [4.69, 9.17) is 9.47 Å². The van der Waals surface area contributed by atoms with Crippen molar-refractivity contribution in [3.63, 3.8) is 0 Å². The number of pyridine rings is 1. The Morgan fingerprint density at radius 2 is 1.73 bits per heavy atom. The standard InChI is InChI=1S/C24H27N3O10/c1-3-36-22(32)24(2,18-10-9-16(13-25-18)27(34)35)12-11-17(19(20(28)29)21(30)31)26-23(33)37-14-15-7-5-4-6-8-15/h4-10,13,17,19H,3,11-12,14H2,1-2H3,(H,26,33)(H,28,29)(H,30,31)/t17-,24?/m0/s1. The van der Waals surface area contributed by atoms with Crippen LogP contribution in [0.15, 0.2) is 48.7 Å². The molecule has 1 aromatic carbocycles. The van der Waals surface area contributed by atoms with Gasteiger partial charge in [0.05, 0.1) is 23.3 Å². The van der Waals surface area contributed by atoms with Crippen molar-refractivity contribution in [2.45, 2.75) is 44.8 Å². The molecule has 2 atom stereocenters. The molecule has 0 saturated carbocycles. The van der Waals surface area contributed by atoms with Gasteiger partial charge in [-0.1, -0.05) is 30.3 Å². The molecule has 0 aliphatic heterocycles. The van der Waals surface area contributed by atoms with Gasteiger partial charge in [0.15, 0.2) is 5.92 Å². The predicted octanol–water partition coefficient (Wildman–Crippen LogP) is 2.67. The van der Waals surface area contributed by atoms with Crippen molar-refractivity contribution >= 4 is 29.7 Å². The largest absolute Gasteiger partial charge is 0.481 e. The molecule has 2 aromatic rings. The maximum Gasteiger partial charge on any atom is 0.407 e. The van der Waals surface area contributed by atoms with Gasteiger partial charge < -0.3 is 25.0 Å². The van der Waals surface area contributed by atoms with Gasteiger partial charge in [-0.15, -0.1) is 0 Å². The van der Waals surface area contributed by atoms with Gasteiger partial charge in [0, 0.05) is 6.07 Å². The summed E-state index contributed by atoms with van der Waals surface area (Å²) in [4.78, 5) is 63.1. The number of nitro groups is 1. The number of carboxylic acids is 2. The molecule has 0 saturated heterocycles. The van der Waals surface area contributed by atoms with Crippen molar-refractivity contribution in [3.8, 4) is 0 Å². The van der Waals surface area contributed by atoms with Crippen LogP contribution in [0.4, 0.5) is 10.5 Å². The number of esters is 1. The first kappa shape index (κ1) is 28.7. The van der Waals surface area contributed by atoms with Gasteiger partial charge in [-0.3, -0.25) is 29.5 Å². The zero-order valence-corrected chi connectivity index (χ0v) is 20.2. The maximum absolute atomic E-state index is 12.9. The van der Waals surface area contributed by atoms with Crippen LogP contribution < -0.4 is 5.32 Å². The SMILES string of the molecule is CCOC(=O)C(C)(CC[C@H](NC(=O)OCc1ccccc1)C(C(=O)O)C(=O)O)c1ccc([N+](=O)[O-])cn1. The summed E-state index contributed by atoms with van der Waals surface area (Å²) in [6, 6.07) is 9.55. The first-order valence-corrected chi connectivity index (χ1v) is 11.2. The highest BCUT2D eigenvalue weighted by Crippen LogP contribution is 2.32. The molecule has 1 unspecified atom stereocenters. The van der Waals surface area contributed by atoms with E-state index in [9.17, 15) is 39.5 Å². The second kappa shape index (κ2) is 13.0. The average molecular weight is 517 g/mol. The average Bonchev–Trinajstić information content (AvgIpc) is 2.86. The zero-order valence-electron chi connectivity index (χ0n) is 20.2. The second-order valence-electron chi connectivity index (χ2n) is 8.22. The van der Waals surface area contributed by atoms with Gasteiger partial charge in [0.2, 0.25) is 0 Å². The fourth-order valence-corrected chi connectivity index (χ4v) is 3.58. The topological polar surface area (TPSA) is 195 Å². The minimum atomic E-state index is -2.06. The highest BCUT2D eigenvalue weighted by Gasteiger charge is 2.42. The summed E-state index contributed by atoms with van der Waals surface area (Å²) < 4.78 is 10.2. The molecular weight excluding hydrogens is 490 g/mol. The molecule has 1 heterocycles. The number of rotatable bonds is 13. The zero-order chi connectivity index (χ0) is 27.6. The van der Waals surface area contributed by atoms with Crippen molar-refractivity contribution < 1.29 is 43.8 Å². The third-order valence-electron chi connectivity index (χ3n) is 5.66. The number of carbonyl (C=O) groups excluding carboxylic acids is 2. The molecule has 13 nitrogen and oxygen atoms in total. The molecular formula is C24H27N3O10. The molecule has 0 spiro atoms. The lowest BCUT2D eigenvalue weighted by molar-refractivity contribution is -0.385. The van der Waals surface area contributed by atoms with Crippen LogP contribution in [-0.4, -0.2) is 56.8 Å². The summed E-state index contributed by atoms with van der Waals surface area (Å²) in [5.74, 6) is -6.22. The minimum absolute atomic E-state index is 0.00176. The molecule has 198 valence electrons. The minimum Gasteiger partial charge on any atom is -0.481 e. The number of amides is 1. The Bertz CT molecular complexity index is 1110. The Morgan fingerprint density at radius 3 is 2.24 bits per heavy atom. The molecule has 1 aromatic heterocycles. The number of carbonyl (C=O) groups is 4. The van der Waals surface area contributed by atoms with E-state index in [1.807, 2.05) is 0 Å². The Balaban J connectivity index is 2.30. The summed E-state index contributed by atoms with van der Waals surface area (Å²) >= 11 is 0. The van der Waals surface area contributed by atoms with Crippen LogP contribution in [0.5, 0.6) is 0 Å². The predicted molar refractivity (Wildman–Crippen MR) is 126 cm³/mol. The third-order valence-corrected chi connectivity index (χ3v) is 5.66. The molecule has 0 fully saturated rings. The monoisotopic (exact) mass is 517 g/mol. The van der Waals surface area contributed by atoms with E-state index >= 15 is 0 Å². The molecule has 0 aliphatic carbocycles. The van der Waals surface area contributed by atoms with Crippen LogP contribution in [0.1, 0.15) is 37.9 Å². The second-order valence-corrected chi connectivity index (χ2v) is 8.22. The van der Waals surface area contributed by atoms with Crippen molar-refractivity contribution in [2.24, 2.45) is 5.92 Å².